The van der Waals surface area contributed by atoms with Crippen molar-refractivity contribution in [1.29, 1.82) is 0 Å². The molecule has 0 aliphatic heterocycles. The average molecular weight is 293 g/mol. The van der Waals surface area contributed by atoms with Gasteiger partial charge in [-0.25, -0.2) is 4.79 Å². The third-order valence-electron chi connectivity index (χ3n) is 3.72. The average Bonchev–Trinajstić information content (AvgIpc) is 2.86. The number of hydrogen-bond donors (Lipinski definition) is 3. The Morgan fingerprint density at radius 1 is 1.45 bits per heavy atom. The van der Waals surface area contributed by atoms with Crippen LogP contribution in [0.25, 0.3) is 0 Å². The first-order valence-electron chi connectivity index (χ1n) is 7.04. The van der Waals surface area contributed by atoms with Gasteiger partial charge in [-0.2, -0.15) is 11.8 Å². The van der Waals surface area contributed by atoms with Crippen LogP contribution in [-0.4, -0.2) is 23.6 Å². The Morgan fingerprint density at radius 2 is 2.25 bits per heavy atom. The van der Waals surface area contributed by atoms with Crippen molar-refractivity contribution in [3.8, 4) is 0 Å². The van der Waals surface area contributed by atoms with Crippen LogP contribution < -0.4 is 16.4 Å². The molecule has 0 heterocycles. The van der Waals surface area contributed by atoms with Crippen LogP contribution in [0.2, 0.25) is 0 Å². The van der Waals surface area contributed by atoms with Gasteiger partial charge in [0.25, 0.3) is 0 Å². The maximum absolute atomic E-state index is 12.0. The molecule has 1 aromatic rings. The minimum absolute atomic E-state index is 0.0306. The van der Waals surface area contributed by atoms with Gasteiger partial charge >= 0.3 is 6.03 Å². The number of carbonyl (C=O) groups is 1. The Bertz CT molecular complexity index is 464. The molecule has 1 aliphatic carbocycles. The van der Waals surface area contributed by atoms with Crippen molar-refractivity contribution >= 4 is 23.5 Å². The zero-order valence-corrected chi connectivity index (χ0v) is 12.9. The van der Waals surface area contributed by atoms with E-state index in [-0.39, 0.29) is 12.1 Å². The van der Waals surface area contributed by atoms with Crippen molar-refractivity contribution in [1.82, 2.24) is 5.32 Å². The molecule has 4 nitrogen and oxygen atoms in total. The Labute approximate surface area is 124 Å². The fraction of sp³-hybridized carbons (Fsp3) is 0.533. The first kappa shape index (κ1) is 15.2. The summed E-state index contributed by atoms with van der Waals surface area (Å²) in [5.41, 5.74) is 7.65. The molecule has 5 heteroatoms. The van der Waals surface area contributed by atoms with E-state index in [1.54, 1.807) is 0 Å². The van der Waals surface area contributed by atoms with Gasteiger partial charge in [-0.1, -0.05) is 12.1 Å². The largest absolute Gasteiger partial charge is 0.335 e. The van der Waals surface area contributed by atoms with Crippen molar-refractivity contribution < 1.29 is 4.79 Å². The van der Waals surface area contributed by atoms with Crippen molar-refractivity contribution in [3.05, 3.63) is 29.8 Å². The van der Waals surface area contributed by atoms with E-state index in [2.05, 4.69) is 16.9 Å². The van der Waals surface area contributed by atoms with E-state index in [0.717, 1.165) is 24.1 Å². The molecular formula is C15H23N3OS. The highest BCUT2D eigenvalue weighted by Gasteiger charge is 2.25. The molecule has 0 saturated heterocycles. The normalized spacial score (nSPS) is 23.4. The van der Waals surface area contributed by atoms with Crippen LogP contribution in [0, 0.1) is 0 Å². The van der Waals surface area contributed by atoms with E-state index < -0.39 is 0 Å². The quantitative estimate of drug-likeness (QED) is 0.799. The molecular weight excluding hydrogens is 270 g/mol. The lowest BCUT2D eigenvalue weighted by Gasteiger charge is -2.14. The lowest BCUT2D eigenvalue weighted by Crippen LogP contribution is -2.36. The second kappa shape index (κ2) is 6.99. The summed E-state index contributed by atoms with van der Waals surface area (Å²) < 4.78 is 0. The van der Waals surface area contributed by atoms with Gasteiger partial charge in [0.1, 0.15) is 0 Å². The predicted molar refractivity (Wildman–Crippen MR) is 86.1 cm³/mol. The van der Waals surface area contributed by atoms with E-state index in [1.165, 1.54) is 6.42 Å². The van der Waals surface area contributed by atoms with Crippen LogP contribution in [0.15, 0.2) is 24.3 Å². The number of nitrogens with one attached hydrogen (secondary N) is 2. The zero-order chi connectivity index (χ0) is 14.5. The smallest absolute Gasteiger partial charge is 0.319 e. The minimum Gasteiger partial charge on any atom is -0.335 e. The molecule has 1 saturated carbocycles. The fourth-order valence-electron chi connectivity index (χ4n) is 2.54. The van der Waals surface area contributed by atoms with Crippen LogP contribution in [0.4, 0.5) is 10.5 Å². The Kier molecular flexibility index (Phi) is 5.31. The Hall–Kier alpha value is -1.20. The number of hydrogen-bond acceptors (Lipinski definition) is 3. The molecule has 0 radical (unpaired) electrons. The molecule has 2 rings (SSSR count). The van der Waals surface area contributed by atoms with E-state index in [0.29, 0.717) is 11.3 Å². The molecule has 1 aromatic carbocycles. The molecule has 3 atom stereocenters. The summed E-state index contributed by atoms with van der Waals surface area (Å²) in [6.07, 6.45) is 5.45. The first-order chi connectivity index (χ1) is 9.58. The summed E-state index contributed by atoms with van der Waals surface area (Å²) in [5, 5.41) is 6.61. The third kappa shape index (κ3) is 4.15. The van der Waals surface area contributed by atoms with E-state index in [9.17, 15) is 4.79 Å². The van der Waals surface area contributed by atoms with E-state index in [1.807, 2.05) is 43.0 Å². The molecule has 3 unspecified atom stereocenters. The second-order valence-corrected chi connectivity index (χ2v) is 6.52. The zero-order valence-electron chi connectivity index (χ0n) is 12.1. The topological polar surface area (TPSA) is 67.2 Å². The predicted octanol–water partition coefficient (Wildman–Crippen LogP) is 3.11. The van der Waals surface area contributed by atoms with Crippen molar-refractivity contribution in [2.24, 2.45) is 5.73 Å². The number of urea groups is 1. The monoisotopic (exact) mass is 293 g/mol. The fourth-order valence-corrected chi connectivity index (χ4v) is 3.33. The van der Waals surface area contributed by atoms with Crippen LogP contribution in [0.1, 0.15) is 37.8 Å². The summed E-state index contributed by atoms with van der Waals surface area (Å²) in [4.78, 5) is 12.0. The van der Waals surface area contributed by atoms with Gasteiger partial charge in [0.05, 0.1) is 0 Å². The number of benzene rings is 1. The standard InChI is InChI=1S/C15H23N3OS/c1-10(16)11-4-3-5-12(8-11)17-15(19)18-13-6-7-14(9-13)20-2/h3-5,8,10,13-14H,6-7,9,16H2,1-2H3,(H2,17,18,19). The maximum Gasteiger partial charge on any atom is 0.319 e. The molecule has 1 fully saturated rings. The summed E-state index contributed by atoms with van der Waals surface area (Å²) in [7, 11) is 0. The van der Waals surface area contributed by atoms with Gasteiger partial charge in [-0.05, 0) is 50.1 Å². The molecule has 0 spiro atoms. The molecule has 1 aliphatic rings. The summed E-state index contributed by atoms with van der Waals surface area (Å²) >= 11 is 1.89. The van der Waals surface area contributed by atoms with Crippen molar-refractivity contribution in [2.75, 3.05) is 11.6 Å². The van der Waals surface area contributed by atoms with Gasteiger partial charge in [0.2, 0.25) is 0 Å². The van der Waals surface area contributed by atoms with Gasteiger partial charge in [-0.3, -0.25) is 0 Å². The molecule has 2 amide bonds. The lowest BCUT2D eigenvalue weighted by atomic mass is 10.1. The van der Waals surface area contributed by atoms with Crippen LogP contribution in [-0.2, 0) is 0 Å². The SMILES string of the molecule is CSC1CCC(NC(=O)Nc2cccc(C(C)N)c2)C1. The number of anilines is 1. The van der Waals surface area contributed by atoms with Crippen LogP contribution in [0.5, 0.6) is 0 Å². The molecule has 0 bridgehead atoms. The molecule has 20 heavy (non-hydrogen) atoms. The second-order valence-electron chi connectivity index (χ2n) is 5.38. The number of thioether (sulfide) groups is 1. The van der Waals surface area contributed by atoms with E-state index in [4.69, 9.17) is 5.73 Å². The Balaban J connectivity index is 1.87. The highest BCUT2D eigenvalue weighted by Crippen LogP contribution is 2.28. The van der Waals surface area contributed by atoms with Gasteiger partial charge in [-0.15, -0.1) is 0 Å². The summed E-state index contributed by atoms with van der Waals surface area (Å²) in [6.45, 7) is 1.93. The Morgan fingerprint density at radius 3 is 2.90 bits per heavy atom. The van der Waals surface area contributed by atoms with Crippen molar-refractivity contribution in [2.45, 2.75) is 43.5 Å². The highest BCUT2D eigenvalue weighted by molar-refractivity contribution is 7.99. The number of nitrogens with two attached hydrogens (primary N) is 1. The lowest BCUT2D eigenvalue weighted by molar-refractivity contribution is 0.248. The summed E-state index contributed by atoms with van der Waals surface area (Å²) in [5.74, 6) is 0. The number of amides is 2. The molecule has 110 valence electrons. The van der Waals surface area contributed by atoms with Crippen LogP contribution >= 0.6 is 11.8 Å². The number of rotatable bonds is 4. The third-order valence-corrected chi connectivity index (χ3v) is 4.82. The summed E-state index contributed by atoms with van der Waals surface area (Å²) in [6, 6.07) is 7.81. The molecule has 4 N–H and O–H groups in total. The molecule has 0 aromatic heterocycles. The van der Waals surface area contributed by atoms with Gasteiger partial charge in [0.15, 0.2) is 0 Å². The first-order valence-corrected chi connectivity index (χ1v) is 8.33. The van der Waals surface area contributed by atoms with Crippen LogP contribution in [0.3, 0.4) is 0 Å². The van der Waals surface area contributed by atoms with Gasteiger partial charge < -0.3 is 16.4 Å². The van der Waals surface area contributed by atoms with E-state index >= 15 is 0 Å². The maximum atomic E-state index is 12.0. The minimum atomic E-state index is -0.126. The van der Waals surface area contributed by atoms with Gasteiger partial charge in [0, 0.05) is 23.0 Å². The van der Waals surface area contributed by atoms with Crippen molar-refractivity contribution in [3.63, 3.8) is 0 Å². The highest BCUT2D eigenvalue weighted by atomic mass is 32.2. The number of carbonyl (C=O) groups excluding carboxylic acids is 1.